The maximum Gasteiger partial charge on any atom is 0.292 e. The molecule has 1 heterocycles. The van der Waals surface area contributed by atoms with Gasteiger partial charge in [0.1, 0.15) is 0 Å². The van der Waals surface area contributed by atoms with Crippen LogP contribution in [0.15, 0.2) is 42.5 Å². The average molecular weight is 368 g/mol. The number of nitrogens with one attached hydrogen (secondary N) is 2. The summed E-state index contributed by atoms with van der Waals surface area (Å²) in [7, 11) is 0. The smallest absolute Gasteiger partial charge is 0.292 e. The molecule has 7 nitrogen and oxygen atoms in total. The van der Waals surface area contributed by atoms with Crippen LogP contribution in [0.25, 0.3) is 10.2 Å². The summed E-state index contributed by atoms with van der Waals surface area (Å²) in [6, 6.07) is 13.0. The lowest BCUT2D eigenvalue weighted by Crippen LogP contribution is -2.22. The Morgan fingerprint density at radius 1 is 1.08 bits per heavy atom. The Labute approximate surface area is 153 Å². The molecule has 132 valence electrons. The van der Waals surface area contributed by atoms with Crippen molar-refractivity contribution >= 4 is 50.5 Å². The number of ketones is 1. The van der Waals surface area contributed by atoms with Crippen LogP contribution in [0.1, 0.15) is 22.3 Å². The van der Waals surface area contributed by atoms with Crippen LogP contribution < -0.4 is 16.4 Å². The summed E-state index contributed by atoms with van der Waals surface area (Å²) in [6.07, 6.45) is 0. The van der Waals surface area contributed by atoms with Gasteiger partial charge in [0.15, 0.2) is 5.01 Å². The second-order valence-electron chi connectivity index (χ2n) is 5.63. The number of hydrogen-bond donors (Lipinski definition) is 3. The zero-order valence-electron chi connectivity index (χ0n) is 13.9. The molecule has 2 amide bonds. The molecule has 0 atom stereocenters. The molecule has 8 heteroatoms. The summed E-state index contributed by atoms with van der Waals surface area (Å²) in [5.74, 6) is -1.90. The first-order chi connectivity index (χ1) is 12.4. The lowest BCUT2D eigenvalue weighted by atomic mass is 10.2. The van der Waals surface area contributed by atoms with Gasteiger partial charge in [-0.25, -0.2) is 4.98 Å². The molecule has 0 spiro atoms. The highest BCUT2D eigenvalue weighted by Gasteiger charge is 2.17. The van der Waals surface area contributed by atoms with Crippen molar-refractivity contribution in [2.75, 3.05) is 10.6 Å². The molecule has 0 aliphatic carbocycles. The van der Waals surface area contributed by atoms with Gasteiger partial charge in [0.05, 0.1) is 10.2 Å². The van der Waals surface area contributed by atoms with Crippen molar-refractivity contribution in [3.8, 4) is 0 Å². The number of carbonyl (C=O) groups is 3. The minimum Gasteiger partial charge on any atom is -0.381 e. The number of amides is 2. The predicted octanol–water partition coefficient (Wildman–Crippen LogP) is 2.53. The standard InChI is InChI=1S/C18H16N4O3S/c1-10(23)21-12-4-2-11(3-5-12)9-20-13-6-7-14-15(8-13)26-18(22-14)16(24)17(19)25/h2-8,20H,9H2,1H3,(H2,19,25)(H,21,23). The van der Waals surface area contributed by atoms with Crippen LogP contribution in [0.2, 0.25) is 0 Å². The Kier molecular flexibility index (Phi) is 4.94. The topological polar surface area (TPSA) is 114 Å². The lowest BCUT2D eigenvalue weighted by Gasteiger charge is -2.08. The zero-order valence-corrected chi connectivity index (χ0v) is 14.7. The summed E-state index contributed by atoms with van der Waals surface area (Å²) >= 11 is 1.14. The third-order valence-electron chi connectivity index (χ3n) is 3.58. The molecule has 3 rings (SSSR count). The average Bonchev–Trinajstić information content (AvgIpc) is 3.03. The van der Waals surface area contributed by atoms with E-state index in [1.165, 1.54) is 6.92 Å². The van der Waals surface area contributed by atoms with Crippen LogP contribution in [0, 0.1) is 0 Å². The largest absolute Gasteiger partial charge is 0.381 e. The Balaban J connectivity index is 1.70. The van der Waals surface area contributed by atoms with Gasteiger partial charge < -0.3 is 16.4 Å². The van der Waals surface area contributed by atoms with E-state index in [0.29, 0.717) is 12.1 Å². The first-order valence-corrected chi connectivity index (χ1v) is 8.59. The summed E-state index contributed by atoms with van der Waals surface area (Å²) < 4.78 is 0.792. The van der Waals surface area contributed by atoms with E-state index in [4.69, 9.17) is 5.73 Å². The molecular formula is C18H16N4O3S. The SMILES string of the molecule is CC(=O)Nc1ccc(CNc2ccc3nc(C(=O)C(N)=O)sc3c2)cc1. The normalized spacial score (nSPS) is 10.5. The number of thiazole rings is 1. The molecule has 1 aromatic heterocycles. The van der Waals surface area contributed by atoms with Gasteiger partial charge in [-0.1, -0.05) is 12.1 Å². The van der Waals surface area contributed by atoms with Crippen molar-refractivity contribution in [2.45, 2.75) is 13.5 Å². The first kappa shape index (κ1) is 17.6. The highest BCUT2D eigenvalue weighted by atomic mass is 32.1. The number of nitrogens with zero attached hydrogens (tertiary/aromatic N) is 1. The van der Waals surface area contributed by atoms with Gasteiger partial charge in [-0.15, -0.1) is 11.3 Å². The van der Waals surface area contributed by atoms with Crippen molar-refractivity contribution in [1.82, 2.24) is 4.98 Å². The van der Waals surface area contributed by atoms with Crippen LogP contribution in [-0.2, 0) is 16.1 Å². The van der Waals surface area contributed by atoms with E-state index in [-0.39, 0.29) is 10.9 Å². The first-order valence-electron chi connectivity index (χ1n) is 7.77. The summed E-state index contributed by atoms with van der Waals surface area (Å²) in [5.41, 5.74) is 8.32. The van der Waals surface area contributed by atoms with Crippen molar-refractivity contribution in [2.24, 2.45) is 5.73 Å². The molecule has 0 unspecified atom stereocenters. The van der Waals surface area contributed by atoms with Crippen LogP contribution in [0.5, 0.6) is 0 Å². The Bertz CT molecular complexity index is 995. The van der Waals surface area contributed by atoms with Crippen LogP contribution in [-0.4, -0.2) is 22.6 Å². The molecule has 0 saturated carbocycles. The van der Waals surface area contributed by atoms with Gasteiger partial charge in [-0.05, 0) is 35.9 Å². The zero-order chi connectivity index (χ0) is 18.7. The molecule has 0 radical (unpaired) electrons. The molecule has 0 aliphatic rings. The van der Waals surface area contributed by atoms with E-state index >= 15 is 0 Å². The van der Waals surface area contributed by atoms with Gasteiger partial charge >= 0.3 is 0 Å². The molecule has 2 aromatic carbocycles. The van der Waals surface area contributed by atoms with Crippen molar-refractivity contribution in [3.05, 3.63) is 53.0 Å². The number of aromatic nitrogens is 1. The molecule has 0 saturated heterocycles. The summed E-state index contributed by atoms with van der Waals surface area (Å²) in [4.78, 5) is 37.8. The number of primary amides is 1. The number of nitrogens with two attached hydrogens (primary N) is 1. The molecule has 3 aromatic rings. The van der Waals surface area contributed by atoms with Gasteiger partial charge in [0.25, 0.3) is 11.7 Å². The maximum atomic E-state index is 11.6. The summed E-state index contributed by atoms with van der Waals surface area (Å²) in [6.45, 7) is 2.06. The van der Waals surface area contributed by atoms with E-state index < -0.39 is 11.7 Å². The van der Waals surface area contributed by atoms with Gasteiger partial charge in [-0.3, -0.25) is 14.4 Å². The fraction of sp³-hybridized carbons (Fsp3) is 0.111. The fourth-order valence-electron chi connectivity index (χ4n) is 2.35. The van der Waals surface area contributed by atoms with E-state index in [9.17, 15) is 14.4 Å². The Morgan fingerprint density at radius 3 is 2.42 bits per heavy atom. The minimum atomic E-state index is -1.01. The minimum absolute atomic E-state index is 0.0956. The Morgan fingerprint density at radius 2 is 1.77 bits per heavy atom. The molecular weight excluding hydrogens is 352 g/mol. The van der Waals surface area contributed by atoms with Gasteiger partial charge in [-0.2, -0.15) is 0 Å². The Hall–Kier alpha value is -3.26. The predicted molar refractivity (Wildman–Crippen MR) is 101 cm³/mol. The summed E-state index contributed by atoms with van der Waals surface area (Å²) in [5, 5.41) is 6.11. The van der Waals surface area contributed by atoms with Gasteiger partial charge in [0.2, 0.25) is 5.91 Å². The number of rotatable bonds is 6. The van der Waals surface area contributed by atoms with Crippen molar-refractivity contribution < 1.29 is 14.4 Å². The van der Waals surface area contributed by atoms with E-state index in [1.807, 2.05) is 36.4 Å². The van der Waals surface area contributed by atoms with Crippen LogP contribution >= 0.6 is 11.3 Å². The van der Waals surface area contributed by atoms with Crippen LogP contribution in [0.4, 0.5) is 11.4 Å². The quantitative estimate of drug-likeness (QED) is 0.457. The number of fused-ring (bicyclic) bond motifs is 1. The highest BCUT2D eigenvalue weighted by Crippen LogP contribution is 2.26. The molecule has 4 N–H and O–H groups in total. The highest BCUT2D eigenvalue weighted by molar-refractivity contribution is 7.21. The maximum absolute atomic E-state index is 11.6. The number of benzene rings is 2. The molecule has 0 fully saturated rings. The van der Waals surface area contributed by atoms with Crippen molar-refractivity contribution in [1.29, 1.82) is 0 Å². The molecule has 26 heavy (non-hydrogen) atoms. The van der Waals surface area contributed by atoms with Crippen LogP contribution in [0.3, 0.4) is 0 Å². The van der Waals surface area contributed by atoms with E-state index in [1.54, 1.807) is 6.07 Å². The number of anilines is 2. The molecule has 0 aliphatic heterocycles. The van der Waals surface area contributed by atoms with E-state index in [2.05, 4.69) is 15.6 Å². The second-order valence-corrected chi connectivity index (χ2v) is 6.66. The third-order valence-corrected chi connectivity index (χ3v) is 4.59. The number of Topliss-reactive ketones (excluding diaryl/α,β-unsaturated/α-hetero) is 1. The molecule has 0 bridgehead atoms. The second kappa shape index (κ2) is 7.32. The van der Waals surface area contributed by atoms with Gasteiger partial charge in [0, 0.05) is 24.8 Å². The fourth-order valence-corrected chi connectivity index (χ4v) is 3.30. The monoisotopic (exact) mass is 368 g/mol. The van der Waals surface area contributed by atoms with E-state index in [0.717, 1.165) is 33.0 Å². The lowest BCUT2D eigenvalue weighted by molar-refractivity contribution is -0.114. The number of carbonyl (C=O) groups excluding carboxylic acids is 3. The van der Waals surface area contributed by atoms with Crippen molar-refractivity contribution in [3.63, 3.8) is 0 Å². The number of hydrogen-bond acceptors (Lipinski definition) is 6. The third kappa shape index (κ3) is 4.04.